The number of rotatable bonds is 5. The predicted octanol–water partition coefficient (Wildman–Crippen LogP) is 0.966. The summed E-state index contributed by atoms with van der Waals surface area (Å²) in [6.45, 7) is 7.10. The summed E-state index contributed by atoms with van der Waals surface area (Å²) in [4.78, 5) is 6.54. The molecule has 0 radical (unpaired) electrons. The first-order valence-corrected chi connectivity index (χ1v) is 4.56. The lowest BCUT2D eigenvalue weighted by atomic mass is 10.4. The summed E-state index contributed by atoms with van der Waals surface area (Å²) in [5.41, 5.74) is 0. The molecular weight excluding hydrogens is 150 g/mol. The molecule has 3 heteroatoms. The molecule has 12 heavy (non-hydrogen) atoms. The number of hydrogen-bond donors (Lipinski definition) is 1. The van der Waals surface area contributed by atoms with Crippen LogP contribution in [0.3, 0.4) is 0 Å². The molecule has 0 saturated heterocycles. The molecule has 0 aliphatic carbocycles. The third kappa shape index (κ3) is 7.54. The zero-order chi connectivity index (χ0) is 9.40. The van der Waals surface area contributed by atoms with Gasteiger partial charge in [0.25, 0.3) is 0 Å². The topological polar surface area (TPSA) is 27.6 Å². The van der Waals surface area contributed by atoms with Crippen LogP contribution < -0.4 is 5.32 Å². The molecule has 0 aliphatic rings. The van der Waals surface area contributed by atoms with Crippen LogP contribution in [0.2, 0.25) is 0 Å². The van der Waals surface area contributed by atoms with Crippen molar-refractivity contribution in [1.29, 1.82) is 0 Å². The Morgan fingerprint density at radius 3 is 2.58 bits per heavy atom. The summed E-state index contributed by atoms with van der Waals surface area (Å²) >= 11 is 0. The Balaban J connectivity index is 3.33. The largest absolute Gasteiger partial charge is 0.374 e. The molecule has 0 bridgehead atoms. The lowest BCUT2D eigenvalue weighted by Crippen LogP contribution is -2.20. The first-order valence-electron chi connectivity index (χ1n) is 4.56. The average Bonchev–Trinajstić information content (AvgIpc) is 1.98. The van der Waals surface area contributed by atoms with Crippen molar-refractivity contribution in [3.63, 3.8) is 0 Å². The molecule has 0 amide bonds. The van der Waals surface area contributed by atoms with E-state index in [-0.39, 0.29) is 0 Å². The number of nitrogens with zero attached hydrogens (tertiary/aromatic N) is 2. The fourth-order valence-electron chi connectivity index (χ4n) is 0.945. The molecule has 0 spiro atoms. The molecule has 0 unspecified atom stereocenters. The Morgan fingerprint density at radius 1 is 1.42 bits per heavy atom. The van der Waals surface area contributed by atoms with E-state index in [1.54, 1.807) is 0 Å². The highest BCUT2D eigenvalue weighted by Gasteiger charge is 1.89. The molecule has 0 atom stereocenters. The van der Waals surface area contributed by atoms with Crippen molar-refractivity contribution >= 4 is 5.84 Å². The van der Waals surface area contributed by atoms with Gasteiger partial charge >= 0.3 is 0 Å². The van der Waals surface area contributed by atoms with Gasteiger partial charge in [-0.3, -0.25) is 4.99 Å². The molecule has 0 aromatic heterocycles. The van der Waals surface area contributed by atoms with Crippen LogP contribution >= 0.6 is 0 Å². The summed E-state index contributed by atoms with van der Waals surface area (Å²) in [6, 6.07) is 0. The van der Waals surface area contributed by atoms with Crippen molar-refractivity contribution < 1.29 is 0 Å². The molecule has 0 saturated carbocycles. The van der Waals surface area contributed by atoms with Gasteiger partial charge in [-0.05, 0) is 40.9 Å². The van der Waals surface area contributed by atoms with E-state index >= 15 is 0 Å². The highest BCUT2D eigenvalue weighted by Crippen LogP contribution is 1.84. The van der Waals surface area contributed by atoms with Gasteiger partial charge < -0.3 is 10.2 Å². The van der Waals surface area contributed by atoms with Gasteiger partial charge in [0, 0.05) is 13.1 Å². The van der Waals surface area contributed by atoms with Crippen LogP contribution in [0.25, 0.3) is 0 Å². The Kier molecular flexibility index (Phi) is 6.76. The monoisotopic (exact) mass is 171 g/mol. The highest BCUT2D eigenvalue weighted by molar-refractivity contribution is 5.79. The Morgan fingerprint density at radius 2 is 2.08 bits per heavy atom. The number of aliphatic imine (C=N–C) groups is 1. The minimum Gasteiger partial charge on any atom is -0.374 e. The third-order valence-corrected chi connectivity index (χ3v) is 1.55. The van der Waals surface area contributed by atoms with Crippen molar-refractivity contribution in [1.82, 2.24) is 10.2 Å². The molecule has 0 aromatic carbocycles. The molecule has 0 aromatic rings. The van der Waals surface area contributed by atoms with Crippen LogP contribution in [0.5, 0.6) is 0 Å². The van der Waals surface area contributed by atoms with E-state index in [1.165, 1.54) is 0 Å². The number of hydrogen-bond acceptors (Lipinski definition) is 2. The van der Waals surface area contributed by atoms with E-state index < -0.39 is 0 Å². The van der Waals surface area contributed by atoms with Crippen molar-refractivity contribution in [3.05, 3.63) is 0 Å². The molecule has 1 N–H and O–H groups in total. The van der Waals surface area contributed by atoms with Gasteiger partial charge in [0.1, 0.15) is 0 Å². The lowest BCUT2D eigenvalue weighted by Gasteiger charge is -2.07. The second-order valence-corrected chi connectivity index (χ2v) is 3.15. The van der Waals surface area contributed by atoms with Gasteiger partial charge in [-0.2, -0.15) is 0 Å². The van der Waals surface area contributed by atoms with Crippen LogP contribution in [0.15, 0.2) is 4.99 Å². The quantitative estimate of drug-likeness (QED) is 0.379. The summed E-state index contributed by atoms with van der Waals surface area (Å²) in [6.07, 6.45) is 1.13. The maximum absolute atomic E-state index is 4.36. The lowest BCUT2D eigenvalue weighted by molar-refractivity contribution is 0.403. The van der Waals surface area contributed by atoms with Gasteiger partial charge in [-0.1, -0.05) is 0 Å². The number of nitrogens with one attached hydrogen (secondary N) is 1. The summed E-state index contributed by atoms with van der Waals surface area (Å²) < 4.78 is 0. The second kappa shape index (κ2) is 7.10. The van der Waals surface area contributed by atoms with E-state index in [0.717, 1.165) is 31.9 Å². The minimum atomic E-state index is 0.928. The van der Waals surface area contributed by atoms with Crippen LogP contribution in [0, 0.1) is 0 Å². The summed E-state index contributed by atoms with van der Waals surface area (Å²) in [5, 5.41) is 3.17. The first-order chi connectivity index (χ1) is 5.66. The van der Waals surface area contributed by atoms with Gasteiger partial charge in [-0.15, -0.1) is 0 Å². The van der Waals surface area contributed by atoms with Crippen molar-refractivity contribution in [2.45, 2.75) is 20.3 Å². The zero-order valence-corrected chi connectivity index (χ0v) is 8.72. The molecule has 0 aliphatic heterocycles. The van der Waals surface area contributed by atoms with Crippen molar-refractivity contribution in [3.8, 4) is 0 Å². The van der Waals surface area contributed by atoms with Crippen LogP contribution in [0.1, 0.15) is 20.3 Å². The molecule has 0 heterocycles. The van der Waals surface area contributed by atoms with Crippen LogP contribution in [-0.4, -0.2) is 44.5 Å². The maximum Gasteiger partial charge on any atom is 0.0931 e. The fraction of sp³-hybridized carbons (Fsp3) is 0.889. The molecule has 72 valence electrons. The smallest absolute Gasteiger partial charge is 0.0931 e. The Bertz CT molecular complexity index is 130. The standard InChI is InChI=1S/C9H21N3/c1-5-10-9(2)11-7-6-8-12(3)4/h5-8H2,1-4H3,(H,10,11). The van der Waals surface area contributed by atoms with Crippen LogP contribution in [-0.2, 0) is 0 Å². The number of amidine groups is 1. The SMILES string of the molecule is CCNC(C)=NCCCN(C)C. The molecule has 0 fully saturated rings. The highest BCUT2D eigenvalue weighted by atomic mass is 15.1. The summed E-state index contributed by atoms with van der Waals surface area (Å²) in [7, 11) is 4.17. The predicted molar refractivity (Wildman–Crippen MR) is 54.8 cm³/mol. The first kappa shape index (κ1) is 11.4. The average molecular weight is 171 g/mol. The van der Waals surface area contributed by atoms with E-state index in [1.807, 2.05) is 6.92 Å². The van der Waals surface area contributed by atoms with Crippen molar-refractivity contribution in [2.24, 2.45) is 4.99 Å². The van der Waals surface area contributed by atoms with Crippen LogP contribution in [0.4, 0.5) is 0 Å². The van der Waals surface area contributed by atoms with Crippen molar-refractivity contribution in [2.75, 3.05) is 33.7 Å². The Labute approximate surface area is 75.9 Å². The van der Waals surface area contributed by atoms with Gasteiger partial charge in [0.05, 0.1) is 5.84 Å². The maximum atomic E-state index is 4.36. The van der Waals surface area contributed by atoms with E-state index in [0.29, 0.717) is 0 Å². The van der Waals surface area contributed by atoms with E-state index in [2.05, 4.69) is 36.2 Å². The van der Waals surface area contributed by atoms with Gasteiger partial charge in [0.15, 0.2) is 0 Å². The Hall–Kier alpha value is -0.570. The van der Waals surface area contributed by atoms with Gasteiger partial charge in [0.2, 0.25) is 0 Å². The second-order valence-electron chi connectivity index (χ2n) is 3.15. The normalized spacial score (nSPS) is 12.2. The minimum absolute atomic E-state index is 0.928. The molecule has 3 nitrogen and oxygen atoms in total. The van der Waals surface area contributed by atoms with E-state index in [9.17, 15) is 0 Å². The zero-order valence-electron chi connectivity index (χ0n) is 8.72. The van der Waals surface area contributed by atoms with E-state index in [4.69, 9.17) is 0 Å². The third-order valence-electron chi connectivity index (χ3n) is 1.55. The molecule has 0 rings (SSSR count). The fourth-order valence-corrected chi connectivity index (χ4v) is 0.945. The van der Waals surface area contributed by atoms with Gasteiger partial charge in [-0.25, -0.2) is 0 Å². The summed E-state index contributed by atoms with van der Waals surface area (Å²) in [5.74, 6) is 1.05. The molecular formula is C9H21N3.